The van der Waals surface area contributed by atoms with E-state index in [1.54, 1.807) is 0 Å². The molecule has 3 aromatic carbocycles. The first-order valence-electron chi connectivity index (χ1n) is 10.4. The van der Waals surface area contributed by atoms with Crippen molar-refractivity contribution in [3.63, 3.8) is 0 Å². The molecule has 4 heteroatoms. The van der Waals surface area contributed by atoms with Gasteiger partial charge >= 0.3 is 5.63 Å². The molecule has 0 aliphatic carbocycles. The Hall–Kier alpha value is -3.40. The van der Waals surface area contributed by atoms with E-state index in [-0.39, 0.29) is 11.2 Å². The lowest BCUT2D eigenvalue weighted by atomic mass is 9.83. The number of hydrogen-bond donors (Lipinski definition) is 0. The summed E-state index contributed by atoms with van der Waals surface area (Å²) in [6.07, 6.45) is 0.801. The van der Waals surface area contributed by atoms with Crippen molar-refractivity contribution in [2.45, 2.75) is 32.7 Å². The second kappa shape index (κ2) is 6.84. The van der Waals surface area contributed by atoms with Gasteiger partial charge < -0.3 is 9.32 Å². The first kappa shape index (κ1) is 18.6. The number of nitrogens with zero attached hydrogens (tertiary/aromatic N) is 2. The average molecular weight is 396 g/mol. The van der Waals surface area contributed by atoms with Gasteiger partial charge in [-0.1, -0.05) is 36.4 Å². The largest absolute Gasteiger partial charge is 0.423 e. The highest BCUT2D eigenvalue weighted by atomic mass is 16.4. The number of rotatable bonds is 2. The van der Waals surface area contributed by atoms with Crippen LogP contribution in [0.25, 0.3) is 21.7 Å². The summed E-state index contributed by atoms with van der Waals surface area (Å²) in [6.45, 7) is 7.58. The molecule has 0 spiro atoms. The van der Waals surface area contributed by atoms with Gasteiger partial charge in [-0.05, 0) is 50.4 Å². The van der Waals surface area contributed by atoms with Crippen LogP contribution < -0.4 is 10.5 Å². The predicted molar refractivity (Wildman–Crippen MR) is 124 cm³/mol. The lowest BCUT2D eigenvalue weighted by Gasteiger charge is -2.45. The van der Waals surface area contributed by atoms with Gasteiger partial charge in [-0.2, -0.15) is 0 Å². The van der Waals surface area contributed by atoms with Crippen molar-refractivity contribution in [1.29, 1.82) is 0 Å². The fraction of sp³-hybridized carbons (Fsp3) is 0.231. The zero-order valence-corrected chi connectivity index (χ0v) is 17.5. The zero-order valence-electron chi connectivity index (χ0n) is 17.5. The topological polar surface area (TPSA) is 45.8 Å². The van der Waals surface area contributed by atoms with Crippen LogP contribution in [0.15, 0.2) is 80.9 Å². The molecule has 0 saturated heterocycles. The van der Waals surface area contributed by atoms with Gasteiger partial charge in [0.15, 0.2) is 0 Å². The van der Waals surface area contributed by atoms with Crippen molar-refractivity contribution in [3.8, 4) is 0 Å². The molecule has 2 heterocycles. The molecule has 0 radical (unpaired) electrons. The van der Waals surface area contributed by atoms with E-state index in [2.05, 4.69) is 62.1 Å². The van der Waals surface area contributed by atoms with Crippen LogP contribution in [0.1, 0.15) is 32.8 Å². The minimum Gasteiger partial charge on any atom is -0.423 e. The van der Waals surface area contributed by atoms with E-state index in [1.807, 2.05) is 24.3 Å². The third-order valence-electron chi connectivity index (χ3n) is 6.03. The van der Waals surface area contributed by atoms with Crippen molar-refractivity contribution in [2.75, 3.05) is 11.4 Å². The normalized spacial score (nSPS) is 16.9. The Morgan fingerprint density at radius 3 is 2.60 bits per heavy atom. The van der Waals surface area contributed by atoms with Gasteiger partial charge in [0, 0.05) is 46.6 Å². The van der Waals surface area contributed by atoms with E-state index in [0.29, 0.717) is 5.58 Å². The van der Waals surface area contributed by atoms with Crippen LogP contribution in [0, 0.1) is 0 Å². The number of hydrogen-bond acceptors (Lipinski definition) is 4. The molecule has 4 aromatic rings. The first-order chi connectivity index (χ1) is 14.5. The summed E-state index contributed by atoms with van der Waals surface area (Å²) in [5.74, 6) is 0. The summed E-state index contributed by atoms with van der Waals surface area (Å²) in [7, 11) is 0. The number of aliphatic imine (C=N–C) groups is 1. The SMILES string of the molecule is CCN1c2ccc3oc(=O)ccc3c2C(=Nc2cccc3ccccc23)CC1(C)C. The molecular formula is C26H24N2O2. The van der Waals surface area contributed by atoms with Gasteiger partial charge in [0.25, 0.3) is 0 Å². The number of benzene rings is 3. The van der Waals surface area contributed by atoms with E-state index in [9.17, 15) is 4.79 Å². The van der Waals surface area contributed by atoms with Gasteiger partial charge in [-0.25, -0.2) is 4.79 Å². The third kappa shape index (κ3) is 2.91. The highest BCUT2D eigenvalue weighted by Crippen LogP contribution is 2.41. The lowest BCUT2D eigenvalue weighted by molar-refractivity contribution is 0.476. The monoisotopic (exact) mass is 396 g/mol. The summed E-state index contributed by atoms with van der Waals surface area (Å²) >= 11 is 0. The number of anilines is 1. The molecule has 1 aliphatic heterocycles. The molecule has 30 heavy (non-hydrogen) atoms. The molecule has 150 valence electrons. The van der Waals surface area contributed by atoms with Crippen LogP contribution in [-0.2, 0) is 0 Å². The third-order valence-corrected chi connectivity index (χ3v) is 6.03. The lowest BCUT2D eigenvalue weighted by Crippen LogP contribution is -2.49. The van der Waals surface area contributed by atoms with E-state index >= 15 is 0 Å². The van der Waals surface area contributed by atoms with Crippen molar-refractivity contribution in [3.05, 3.63) is 82.7 Å². The van der Waals surface area contributed by atoms with E-state index in [1.165, 1.54) is 11.5 Å². The van der Waals surface area contributed by atoms with Crippen molar-refractivity contribution in [2.24, 2.45) is 4.99 Å². The average Bonchev–Trinajstić information content (AvgIpc) is 2.73. The van der Waals surface area contributed by atoms with Crippen LogP contribution in [0.5, 0.6) is 0 Å². The smallest absolute Gasteiger partial charge is 0.336 e. The van der Waals surface area contributed by atoms with Crippen LogP contribution >= 0.6 is 0 Å². The Kier molecular flexibility index (Phi) is 4.24. The fourth-order valence-electron chi connectivity index (χ4n) is 4.73. The molecule has 1 aromatic heterocycles. The van der Waals surface area contributed by atoms with E-state index < -0.39 is 0 Å². The first-order valence-corrected chi connectivity index (χ1v) is 10.4. The Labute approximate surface area is 175 Å². The van der Waals surface area contributed by atoms with Crippen molar-refractivity contribution < 1.29 is 4.42 Å². The van der Waals surface area contributed by atoms with Gasteiger partial charge in [-0.3, -0.25) is 4.99 Å². The number of fused-ring (bicyclic) bond motifs is 4. The molecule has 0 bridgehead atoms. The molecule has 0 saturated carbocycles. The molecule has 0 atom stereocenters. The van der Waals surface area contributed by atoms with E-state index in [4.69, 9.17) is 9.41 Å². The Bertz CT molecular complexity index is 1360. The highest BCUT2D eigenvalue weighted by Gasteiger charge is 2.36. The predicted octanol–water partition coefficient (Wildman–Crippen LogP) is 6.08. The summed E-state index contributed by atoms with van der Waals surface area (Å²) in [5.41, 5.74) is 4.37. The molecule has 4 nitrogen and oxygen atoms in total. The Morgan fingerprint density at radius 1 is 0.967 bits per heavy atom. The van der Waals surface area contributed by atoms with Gasteiger partial charge in [-0.15, -0.1) is 0 Å². The summed E-state index contributed by atoms with van der Waals surface area (Å²) < 4.78 is 5.49. The summed E-state index contributed by atoms with van der Waals surface area (Å²) in [4.78, 5) is 19.4. The highest BCUT2D eigenvalue weighted by molar-refractivity contribution is 6.17. The maximum Gasteiger partial charge on any atom is 0.336 e. The summed E-state index contributed by atoms with van der Waals surface area (Å²) in [6, 6.07) is 21.9. The van der Waals surface area contributed by atoms with Crippen LogP contribution in [0.4, 0.5) is 11.4 Å². The second-order valence-corrected chi connectivity index (χ2v) is 8.42. The van der Waals surface area contributed by atoms with Crippen LogP contribution in [0.3, 0.4) is 0 Å². The minimum atomic E-state index is -0.335. The Morgan fingerprint density at radius 2 is 1.77 bits per heavy atom. The molecule has 1 aliphatic rings. The maximum atomic E-state index is 11.8. The molecule has 0 amide bonds. The molecule has 0 N–H and O–H groups in total. The minimum absolute atomic E-state index is 0.0749. The maximum absolute atomic E-state index is 11.8. The molecular weight excluding hydrogens is 372 g/mol. The zero-order chi connectivity index (χ0) is 20.9. The molecule has 5 rings (SSSR count). The quantitative estimate of drug-likeness (QED) is 0.386. The Balaban J connectivity index is 1.83. The molecule has 0 fully saturated rings. The van der Waals surface area contributed by atoms with Gasteiger partial charge in [0.1, 0.15) is 5.58 Å². The fourth-order valence-corrected chi connectivity index (χ4v) is 4.73. The van der Waals surface area contributed by atoms with Crippen molar-refractivity contribution >= 4 is 38.8 Å². The molecule has 0 unspecified atom stereocenters. The van der Waals surface area contributed by atoms with Gasteiger partial charge in [0.05, 0.1) is 11.4 Å². The standard InChI is InChI=1S/C26H24N2O2/c1-4-28-22-13-14-23-19(12-15-24(29)30-23)25(22)21(16-26(28,2)3)27-20-11-7-9-17-8-5-6-10-18(17)20/h5-15H,4,16H2,1-3H3. The summed E-state index contributed by atoms with van der Waals surface area (Å²) in [5, 5.41) is 3.24. The van der Waals surface area contributed by atoms with E-state index in [0.717, 1.165) is 46.4 Å². The second-order valence-electron chi connectivity index (χ2n) is 8.42. The van der Waals surface area contributed by atoms with Crippen LogP contribution in [0.2, 0.25) is 0 Å². The van der Waals surface area contributed by atoms with Crippen LogP contribution in [-0.4, -0.2) is 17.8 Å². The van der Waals surface area contributed by atoms with Gasteiger partial charge in [0.2, 0.25) is 0 Å². The van der Waals surface area contributed by atoms with Crippen molar-refractivity contribution in [1.82, 2.24) is 0 Å².